The number of Topliss-reactive ketones (excluding diaryl/α,β-unsaturated/α-hetero) is 1. The SMILES string of the molecule is CC(=O)CCCCCCN1CCC[N]CC1. The first-order valence-electron chi connectivity index (χ1n) is 6.64. The molecule has 0 spiro atoms. The molecule has 1 saturated heterocycles. The zero-order valence-corrected chi connectivity index (χ0v) is 10.6. The largest absolute Gasteiger partial charge is 0.302 e. The van der Waals surface area contributed by atoms with Gasteiger partial charge in [-0.2, -0.15) is 0 Å². The minimum atomic E-state index is 0.328. The van der Waals surface area contributed by atoms with E-state index in [4.69, 9.17) is 0 Å². The van der Waals surface area contributed by atoms with Gasteiger partial charge in [0.2, 0.25) is 0 Å². The number of carbonyl (C=O) groups is 1. The van der Waals surface area contributed by atoms with Crippen molar-refractivity contribution in [2.24, 2.45) is 0 Å². The first-order valence-corrected chi connectivity index (χ1v) is 6.64. The Hall–Kier alpha value is -0.410. The Morgan fingerprint density at radius 2 is 1.94 bits per heavy atom. The van der Waals surface area contributed by atoms with Gasteiger partial charge in [0.15, 0.2) is 0 Å². The zero-order valence-electron chi connectivity index (χ0n) is 10.6. The van der Waals surface area contributed by atoms with Crippen molar-refractivity contribution < 1.29 is 4.79 Å². The van der Waals surface area contributed by atoms with Gasteiger partial charge in [-0.15, -0.1) is 0 Å². The Morgan fingerprint density at radius 1 is 1.12 bits per heavy atom. The number of ketones is 1. The molecule has 3 nitrogen and oxygen atoms in total. The van der Waals surface area contributed by atoms with E-state index in [9.17, 15) is 4.79 Å². The third kappa shape index (κ3) is 6.96. The first kappa shape index (κ1) is 13.7. The minimum Gasteiger partial charge on any atom is -0.302 e. The van der Waals surface area contributed by atoms with Crippen LogP contribution in [0.3, 0.4) is 0 Å². The Balaban J connectivity index is 1.91. The second kappa shape index (κ2) is 8.71. The van der Waals surface area contributed by atoms with E-state index in [1.807, 2.05) is 0 Å². The van der Waals surface area contributed by atoms with Crippen LogP contribution in [0.2, 0.25) is 0 Å². The fourth-order valence-electron chi connectivity index (χ4n) is 2.13. The Kier molecular flexibility index (Phi) is 7.43. The first-order chi connectivity index (χ1) is 7.79. The maximum Gasteiger partial charge on any atom is 0.129 e. The van der Waals surface area contributed by atoms with Crippen molar-refractivity contribution in [2.45, 2.75) is 45.4 Å². The van der Waals surface area contributed by atoms with E-state index >= 15 is 0 Å². The summed E-state index contributed by atoms with van der Waals surface area (Å²) in [6, 6.07) is 0. The lowest BCUT2D eigenvalue weighted by Gasteiger charge is -2.18. The van der Waals surface area contributed by atoms with Gasteiger partial charge in [-0.05, 0) is 39.3 Å². The highest BCUT2D eigenvalue weighted by Crippen LogP contribution is 2.05. The van der Waals surface area contributed by atoms with Crippen LogP contribution in [0.1, 0.15) is 45.4 Å². The van der Waals surface area contributed by atoms with Crippen molar-refractivity contribution in [3.63, 3.8) is 0 Å². The second-order valence-corrected chi connectivity index (χ2v) is 4.73. The van der Waals surface area contributed by atoms with Gasteiger partial charge in [0.1, 0.15) is 5.78 Å². The molecule has 0 aliphatic carbocycles. The molecule has 16 heavy (non-hydrogen) atoms. The van der Waals surface area contributed by atoms with E-state index in [2.05, 4.69) is 10.2 Å². The lowest BCUT2D eigenvalue weighted by molar-refractivity contribution is -0.117. The molecule has 1 radical (unpaired) electrons. The normalized spacial score (nSPS) is 18.3. The molecule has 1 aliphatic heterocycles. The van der Waals surface area contributed by atoms with Crippen LogP contribution in [0.15, 0.2) is 0 Å². The van der Waals surface area contributed by atoms with E-state index in [1.54, 1.807) is 6.92 Å². The van der Waals surface area contributed by atoms with Gasteiger partial charge in [0, 0.05) is 26.1 Å². The van der Waals surface area contributed by atoms with Crippen LogP contribution in [-0.4, -0.2) is 43.4 Å². The number of nitrogens with zero attached hydrogens (tertiary/aromatic N) is 2. The topological polar surface area (TPSA) is 34.4 Å². The maximum atomic E-state index is 10.7. The van der Waals surface area contributed by atoms with Crippen LogP contribution in [-0.2, 0) is 4.79 Å². The van der Waals surface area contributed by atoms with Crippen molar-refractivity contribution in [2.75, 3.05) is 32.7 Å². The van der Waals surface area contributed by atoms with Crippen molar-refractivity contribution in [1.29, 1.82) is 0 Å². The summed E-state index contributed by atoms with van der Waals surface area (Å²) in [7, 11) is 0. The van der Waals surface area contributed by atoms with E-state index in [0.717, 1.165) is 32.5 Å². The van der Waals surface area contributed by atoms with Crippen LogP contribution in [0, 0.1) is 0 Å². The summed E-state index contributed by atoms with van der Waals surface area (Å²) >= 11 is 0. The smallest absolute Gasteiger partial charge is 0.129 e. The van der Waals surface area contributed by atoms with Gasteiger partial charge in [-0.25, -0.2) is 5.32 Å². The predicted octanol–water partition coefficient (Wildman–Crippen LogP) is 1.84. The van der Waals surface area contributed by atoms with Crippen LogP contribution >= 0.6 is 0 Å². The fraction of sp³-hybridized carbons (Fsp3) is 0.923. The van der Waals surface area contributed by atoms with Gasteiger partial charge >= 0.3 is 0 Å². The minimum absolute atomic E-state index is 0.328. The van der Waals surface area contributed by atoms with E-state index in [-0.39, 0.29) is 0 Å². The molecule has 0 bridgehead atoms. The lowest BCUT2D eigenvalue weighted by Crippen LogP contribution is -2.28. The van der Waals surface area contributed by atoms with Crippen molar-refractivity contribution in [3.8, 4) is 0 Å². The highest BCUT2D eigenvalue weighted by molar-refractivity contribution is 5.75. The molecule has 93 valence electrons. The molecular weight excluding hydrogens is 200 g/mol. The quantitative estimate of drug-likeness (QED) is 0.620. The molecule has 0 N–H and O–H groups in total. The van der Waals surface area contributed by atoms with Gasteiger partial charge in [0.05, 0.1) is 0 Å². The summed E-state index contributed by atoms with van der Waals surface area (Å²) in [6.07, 6.45) is 6.81. The summed E-state index contributed by atoms with van der Waals surface area (Å²) in [5, 5.41) is 4.42. The van der Waals surface area contributed by atoms with Crippen molar-refractivity contribution >= 4 is 5.78 Å². The molecule has 0 unspecified atom stereocenters. The van der Waals surface area contributed by atoms with Gasteiger partial charge < -0.3 is 9.69 Å². The van der Waals surface area contributed by atoms with Gasteiger partial charge in [-0.3, -0.25) is 0 Å². The van der Waals surface area contributed by atoms with E-state index < -0.39 is 0 Å². The van der Waals surface area contributed by atoms with Crippen LogP contribution in [0.25, 0.3) is 0 Å². The molecule has 3 heteroatoms. The molecule has 0 aromatic rings. The molecule has 0 amide bonds. The summed E-state index contributed by atoms with van der Waals surface area (Å²) < 4.78 is 0. The van der Waals surface area contributed by atoms with E-state index in [0.29, 0.717) is 5.78 Å². The van der Waals surface area contributed by atoms with Crippen LogP contribution in [0.4, 0.5) is 0 Å². The Bertz CT molecular complexity index is 186. The molecule has 0 atom stereocenters. The summed E-state index contributed by atoms with van der Waals surface area (Å²) in [4.78, 5) is 13.3. The maximum absolute atomic E-state index is 10.7. The Morgan fingerprint density at radius 3 is 2.75 bits per heavy atom. The summed E-state index contributed by atoms with van der Waals surface area (Å²) in [5.41, 5.74) is 0. The molecular formula is C13H25N2O. The monoisotopic (exact) mass is 225 g/mol. The van der Waals surface area contributed by atoms with Gasteiger partial charge in [0.25, 0.3) is 0 Å². The zero-order chi connectivity index (χ0) is 11.6. The Labute approximate surface area is 99.6 Å². The highest BCUT2D eigenvalue weighted by atomic mass is 16.1. The van der Waals surface area contributed by atoms with Crippen LogP contribution < -0.4 is 5.32 Å². The van der Waals surface area contributed by atoms with Crippen molar-refractivity contribution in [1.82, 2.24) is 10.2 Å². The lowest BCUT2D eigenvalue weighted by atomic mass is 10.1. The third-order valence-corrected chi connectivity index (χ3v) is 3.12. The average molecular weight is 225 g/mol. The number of hydrogen-bond acceptors (Lipinski definition) is 2. The van der Waals surface area contributed by atoms with Gasteiger partial charge in [-0.1, -0.05) is 12.8 Å². The molecule has 1 rings (SSSR count). The average Bonchev–Trinajstić information content (AvgIpc) is 2.51. The fourth-order valence-corrected chi connectivity index (χ4v) is 2.13. The summed E-state index contributed by atoms with van der Waals surface area (Å²) in [5.74, 6) is 0.328. The second-order valence-electron chi connectivity index (χ2n) is 4.73. The number of hydrogen-bond donors (Lipinski definition) is 0. The molecule has 1 aliphatic rings. The number of unbranched alkanes of at least 4 members (excludes halogenated alkanes) is 3. The highest BCUT2D eigenvalue weighted by Gasteiger charge is 2.07. The van der Waals surface area contributed by atoms with Crippen LogP contribution in [0.5, 0.6) is 0 Å². The molecule has 0 aromatic heterocycles. The van der Waals surface area contributed by atoms with Crippen molar-refractivity contribution in [3.05, 3.63) is 0 Å². The standard InChI is InChI=1S/C13H25N2O/c1-13(16)7-4-2-3-5-10-15-11-6-8-14-9-12-15/h2-12H2,1H3. The number of carbonyl (C=O) groups excluding carboxylic acids is 1. The molecule has 0 aromatic carbocycles. The molecule has 1 heterocycles. The third-order valence-electron chi connectivity index (χ3n) is 3.12. The number of rotatable bonds is 7. The summed E-state index contributed by atoms with van der Waals surface area (Å²) in [6.45, 7) is 7.33. The van der Waals surface area contributed by atoms with E-state index in [1.165, 1.54) is 38.8 Å². The molecule has 0 saturated carbocycles. The molecule has 1 fully saturated rings. The predicted molar refractivity (Wildman–Crippen MR) is 66.7 cm³/mol.